The summed E-state index contributed by atoms with van der Waals surface area (Å²) in [5, 5.41) is 3.37. The number of methoxy groups -OCH3 is 1. The molecule has 2 atom stereocenters. The zero-order valence-electron chi connectivity index (χ0n) is 11.5. The molecule has 0 aliphatic heterocycles. The number of carbonyl (C=O) groups is 1. The van der Waals surface area contributed by atoms with Gasteiger partial charge in [-0.3, -0.25) is 4.79 Å². The molecule has 3 heteroatoms. The van der Waals surface area contributed by atoms with Crippen LogP contribution >= 0.6 is 0 Å². The molecular formula is C15H23NO2. The third-order valence-electron chi connectivity index (χ3n) is 3.08. The molecule has 100 valence electrons. The van der Waals surface area contributed by atoms with Crippen LogP contribution in [0.15, 0.2) is 30.3 Å². The van der Waals surface area contributed by atoms with E-state index in [2.05, 4.69) is 36.5 Å². The fourth-order valence-corrected chi connectivity index (χ4v) is 1.79. The quantitative estimate of drug-likeness (QED) is 0.754. The lowest BCUT2D eigenvalue weighted by Crippen LogP contribution is -2.33. The molecule has 0 saturated heterocycles. The van der Waals surface area contributed by atoms with E-state index >= 15 is 0 Å². The average Bonchev–Trinajstić information content (AvgIpc) is 2.42. The van der Waals surface area contributed by atoms with Crippen LogP contribution in [0.25, 0.3) is 0 Å². The van der Waals surface area contributed by atoms with Crippen LogP contribution in [-0.2, 0) is 16.0 Å². The van der Waals surface area contributed by atoms with E-state index < -0.39 is 0 Å². The van der Waals surface area contributed by atoms with Gasteiger partial charge < -0.3 is 10.1 Å². The highest BCUT2D eigenvalue weighted by Gasteiger charge is 2.13. The summed E-state index contributed by atoms with van der Waals surface area (Å²) in [5.41, 5.74) is 1.35. The predicted molar refractivity (Wildman–Crippen MR) is 73.4 cm³/mol. The first-order valence-electron chi connectivity index (χ1n) is 6.48. The summed E-state index contributed by atoms with van der Waals surface area (Å²) in [6, 6.07) is 10.8. The van der Waals surface area contributed by atoms with Crippen molar-refractivity contribution in [2.45, 2.75) is 32.7 Å². The van der Waals surface area contributed by atoms with Gasteiger partial charge in [-0.1, -0.05) is 37.3 Å². The SMILES string of the molecule is COC(=O)[C@@H](C)CN[C@@H](C)CCc1ccccc1. The van der Waals surface area contributed by atoms with E-state index in [9.17, 15) is 4.79 Å². The Morgan fingerprint density at radius 3 is 2.56 bits per heavy atom. The number of aryl methyl sites for hydroxylation is 1. The minimum absolute atomic E-state index is 0.0887. The summed E-state index contributed by atoms with van der Waals surface area (Å²) in [7, 11) is 1.43. The lowest BCUT2D eigenvalue weighted by atomic mass is 10.1. The molecule has 1 N–H and O–H groups in total. The van der Waals surface area contributed by atoms with Crippen LogP contribution in [0.3, 0.4) is 0 Å². The number of hydrogen-bond donors (Lipinski definition) is 1. The molecular weight excluding hydrogens is 226 g/mol. The third-order valence-corrected chi connectivity index (χ3v) is 3.08. The Labute approximate surface area is 110 Å². The maximum atomic E-state index is 11.2. The summed E-state index contributed by atoms with van der Waals surface area (Å²) in [4.78, 5) is 11.2. The smallest absolute Gasteiger partial charge is 0.309 e. The highest BCUT2D eigenvalue weighted by atomic mass is 16.5. The van der Waals surface area contributed by atoms with Gasteiger partial charge in [0.05, 0.1) is 13.0 Å². The van der Waals surface area contributed by atoms with E-state index in [0.717, 1.165) is 12.8 Å². The van der Waals surface area contributed by atoms with Gasteiger partial charge in [-0.05, 0) is 25.3 Å². The molecule has 0 amide bonds. The Morgan fingerprint density at radius 2 is 1.94 bits per heavy atom. The molecule has 0 spiro atoms. The van der Waals surface area contributed by atoms with Crippen molar-refractivity contribution in [3.8, 4) is 0 Å². The lowest BCUT2D eigenvalue weighted by Gasteiger charge is -2.16. The molecule has 0 aliphatic carbocycles. The average molecular weight is 249 g/mol. The molecule has 0 radical (unpaired) electrons. The Balaban J connectivity index is 2.22. The second kappa shape index (κ2) is 7.88. The van der Waals surface area contributed by atoms with Crippen molar-refractivity contribution in [1.82, 2.24) is 5.32 Å². The van der Waals surface area contributed by atoms with E-state index in [0.29, 0.717) is 12.6 Å². The maximum absolute atomic E-state index is 11.2. The van der Waals surface area contributed by atoms with E-state index in [4.69, 9.17) is 4.74 Å². The van der Waals surface area contributed by atoms with Crippen molar-refractivity contribution in [3.63, 3.8) is 0 Å². The number of carbonyl (C=O) groups excluding carboxylic acids is 1. The number of esters is 1. The number of hydrogen-bond acceptors (Lipinski definition) is 3. The van der Waals surface area contributed by atoms with Crippen molar-refractivity contribution in [2.75, 3.05) is 13.7 Å². The fraction of sp³-hybridized carbons (Fsp3) is 0.533. The molecule has 0 fully saturated rings. The van der Waals surface area contributed by atoms with Gasteiger partial charge in [-0.15, -0.1) is 0 Å². The summed E-state index contributed by atoms with van der Waals surface area (Å²) in [5.74, 6) is -0.244. The molecule has 0 aromatic heterocycles. The molecule has 0 heterocycles. The van der Waals surface area contributed by atoms with Gasteiger partial charge in [-0.25, -0.2) is 0 Å². The van der Waals surface area contributed by atoms with Gasteiger partial charge in [0.1, 0.15) is 0 Å². The van der Waals surface area contributed by atoms with Crippen molar-refractivity contribution >= 4 is 5.97 Å². The topological polar surface area (TPSA) is 38.3 Å². The number of benzene rings is 1. The Morgan fingerprint density at radius 1 is 1.28 bits per heavy atom. The minimum atomic E-state index is -0.155. The van der Waals surface area contributed by atoms with Crippen LogP contribution in [0.1, 0.15) is 25.8 Å². The van der Waals surface area contributed by atoms with E-state index in [1.54, 1.807) is 0 Å². The molecule has 1 rings (SSSR count). The van der Waals surface area contributed by atoms with Crippen molar-refractivity contribution in [1.29, 1.82) is 0 Å². The van der Waals surface area contributed by atoms with Crippen molar-refractivity contribution < 1.29 is 9.53 Å². The van der Waals surface area contributed by atoms with Gasteiger partial charge >= 0.3 is 5.97 Å². The van der Waals surface area contributed by atoms with E-state index in [1.165, 1.54) is 12.7 Å². The number of nitrogens with one attached hydrogen (secondary N) is 1. The normalized spacial score (nSPS) is 13.9. The number of rotatable bonds is 7. The summed E-state index contributed by atoms with van der Waals surface area (Å²) in [6.07, 6.45) is 2.12. The van der Waals surface area contributed by atoms with Gasteiger partial charge in [0.15, 0.2) is 0 Å². The monoisotopic (exact) mass is 249 g/mol. The molecule has 3 nitrogen and oxygen atoms in total. The summed E-state index contributed by atoms with van der Waals surface area (Å²) in [6.45, 7) is 4.69. The fourth-order valence-electron chi connectivity index (χ4n) is 1.79. The molecule has 18 heavy (non-hydrogen) atoms. The van der Waals surface area contributed by atoms with Crippen LogP contribution in [0.2, 0.25) is 0 Å². The first-order chi connectivity index (χ1) is 8.63. The van der Waals surface area contributed by atoms with Gasteiger partial charge in [0.25, 0.3) is 0 Å². The summed E-state index contributed by atoms with van der Waals surface area (Å²) >= 11 is 0. The first-order valence-corrected chi connectivity index (χ1v) is 6.48. The number of ether oxygens (including phenoxy) is 1. The molecule has 0 unspecified atom stereocenters. The van der Waals surface area contributed by atoms with Gasteiger partial charge in [-0.2, -0.15) is 0 Å². The van der Waals surface area contributed by atoms with Crippen LogP contribution in [0, 0.1) is 5.92 Å². The standard InChI is InChI=1S/C15H23NO2/c1-12(15(17)18-3)11-16-13(2)9-10-14-7-5-4-6-8-14/h4-8,12-13,16H,9-11H2,1-3H3/t12-,13-/m0/s1. The highest BCUT2D eigenvalue weighted by molar-refractivity contribution is 5.72. The van der Waals surface area contributed by atoms with Crippen LogP contribution in [-0.4, -0.2) is 25.7 Å². The largest absolute Gasteiger partial charge is 0.469 e. The van der Waals surface area contributed by atoms with E-state index in [-0.39, 0.29) is 11.9 Å². The molecule has 1 aromatic rings. The Kier molecular flexibility index (Phi) is 6.44. The zero-order valence-corrected chi connectivity index (χ0v) is 11.5. The predicted octanol–water partition coefficient (Wildman–Crippen LogP) is 2.41. The van der Waals surface area contributed by atoms with Gasteiger partial charge in [0, 0.05) is 12.6 Å². The van der Waals surface area contributed by atoms with Gasteiger partial charge in [0.2, 0.25) is 0 Å². The second-order valence-corrected chi connectivity index (χ2v) is 4.76. The molecule has 1 aromatic carbocycles. The van der Waals surface area contributed by atoms with Crippen molar-refractivity contribution in [3.05, 3.63) is 35.9 Å². The lowest BCUT2D eigenvalue weighted by molar-refractivity contribution is -0.144. The maximum Gasteiger partial charge on any atom is 0.309 e. The summed E-state index contributed by atoms with van der Waals surface area (Å²) < 4.78 is 4.69. The molecule has 0 aliphatic rings. The second-order valence-electron chi connectivity index (χ2n) is 4.76. The first kappa shape index (κ1) is 14.7. The Hall–Kier alpha value is -1.35. The van der Waals surface area contributed by atoms with Crippen LogP contribution in [0.5, 0.6) is 0 Å². The molecule has 0 saturated carbocycles. The Bertz CT molecular complexity index is 351. The highest BCUT2D eigenvalue weighted by Crippen LogP contribution is 2.05. The minimum Gasteiger partial charge on any atom is -0.469 e. The molecule has 0 bridgehead atoms. The zero-order chi connectivity index (χ0) is 13.4. The van der Waals surface area contributed by atoms with Crippen molar-refractivity contribution in [2.24, 2.45) is 5.92 Å². The van der Waals surface area contributed by atoms with E-state index in [1.807, 2.05) is 13.0 Å². The third kappa shape index (κ3) is 5.32. The van der Waals surface area contributed by atoms with Crippen LogP contribution in [0.4, 0.5) is 0 Å². The van der Waals surface area contributed by atoms with Crippen LogP contribution < -0.4 is 5.32 Å².